The number of urea groups is 1. The highest BCUT2D eigenvalue weighted by molar-refractivity contribution is 5.76. The van der Waals surface area contributed by atoms with Gasteiger partial charge in [0.15, 0.2) is 0 Å². The quantitative estimate of drug-likeness (QED) is 0.803. The Morgan fingerprint density at radius 3 is 2.60 bits per heavy atom. The summed E-state index contributed by atoms with van der Waals surface area (Å²) in [6.07, 6.45) is 3.78. The van der Waals surface area contributed by atoms with Crippen molar-refractivity contribution in [1.29, 1.82) is 0 Å². The number of carbonyl (C=O) groups excluding carboxylic acids is 1. The summed E-state index contributed by atoms with van der Waals surface area (Å²) in [5, 5.41) is 18.3. The van der Waals surface area contributed by atoms with Gasteiger partial charge in [0.25, 0.3) is 0 Å². The van der Waals surface area contributed by atoms with E-state index in [1.807, 2.05) is 6.92 Å². The molecule has 1 saturated heterocycles. The molecule has 0 aromatic rings. The zero-order valence-electron chi connectivity index (χ0n) is 12.4. The normalized spacial score (nSPS) is 21.1. The van der Waals surface area contributed by atoms with Crippen molar-refractivity contribution in [3.05, 3.63) is 0 Å². The highest BCUT2D eigenvalue weighted by Crippen LogP contribution is 2.19. The zero-order valence-corrected chi connectivity index (χ0v) is 12.4. The number of carbonyl (C=O) groups is 2. The van der Waals surface area contributed by atoms with Gasteiger partial charge in [0, 0.05) is 19.1 Å². The summed E-state index contributed by atoms with van der Waals surface area (Å²) in [5.41, 5.74) is 0. The maximum Gasteiger partial charge on any atom is 0.320 e. The Kier molecular flexibility index (Phi) is 6.78. The lowest BCUT2D eigenvalue weighted by atomic mass is 10.1. The summed E-state index contributed by atoms with van der Waals surface area (Å²) >= 11 is 0. The van der Waals surface area contributed by atoms with Crippen LogP contribution >= 0.6 is 0 Å². The van der Waals surface area contributed by atoms with Crippen LogP contribution in [-0.2, 0) is 4.79 Å². The van der Waals surface area contributed by atoms with Crippen molar-refractivity contribution in [1.82, 2.24) is 9.80 Å². The smallest absolute Gasteiger partial charge is 0.320 e. The molecule has 0 radical (unpaired) electrons. The molecular formula is C14H26N2O4. The van der Waals surface area contributed by atoms with Crippen LogP contribution in [-0.4, -0.2) is 63.8 Å². The fourth-order valence-corrected chi connectivity index (χ4v) is 2.78. The molecule has 2 unspecified atom stereocenters. The zero-order chi connectivity index (χ0) is 15.1. The molecule has 0 saturated carbocycles. The molecule has 0 aliphatic carbocycles. The van der Waals surface area contributed by atoms with E-state index in [-0.39, 0.29) is 31.1 Å². The number of rotatable bonds is 5. The lowest BCUT2D eigenvalue weighted by Gasteiger charge is -2.36. The van der Waals surface area contributed by atoms with Gasteiger partial charge in [-0.05, 0) is 26.7 Å². The van der Waals surface area contributed by atoms with Crippen molar-refractivity contribution in [2.45, 2.75) is 58.0 Å². The van der Waals surface area contributed by atoms with Crippen molar-refractivity contribution in [2.24, 2.45) is 0 Å². The molecule has 0 aromatic heterocycles. The highest BCUT2D eigenvalue weighted by atomic mass is 16.4. The fraction of sp³-hybridized carbons (Fsp3) is 0.857. The van der Waals surface area contributed by atoms with Gasteiger partial charge in [-0.3, -0.25) is 4.79 Å². The Morgan fingerprint density at radius 2 is 2.05 bits per heavy atom. The number of carboxylic acid groups (broad SMARTS) is 1. The van der Waals surface area contributed by atoms with Crippen LogP contribution in [0.25, 0.3) is 0 Å². The first-order valence-electron chi connectivity index (χ1n) is 7.41. The van der Waals surface area contributed by atoms with Gasteiger partial charge < -0.3 is 20.0 Å². The number of amides is 2. The molecule has 0 spiro atoms. The molecular weight excluding hydrogens is 260 g/mol. The Morgan fingerprint density at radius 1 is 1.35 bits per heavy atom. The lowest BCUT2D eigenvalue weighted by Crippen LogP contribution is -2.52. The number of likely N-dealkylation sites (tertiary alicyclic amines) is 1. The second kappa shape index (κ2) is 8.09. The number of aliphatic hydroxyl groups is 1. The van der Waals surface area contributed by atoms with Crippen LogP contribution in [0.3, 0.4) is 0 Å². The topological polar surface area (TPSA) is 81.1 Å². The summed E-state index contributed by atoms with van der Waals surface area (Å²) in [4.78, 5) is 26.7. The first-order chi connectivity index (χ1) is 9.51. The molecule has 2 atom stereocenters. The minimum atomic E-state index is -0.904. The Labute approximate surface area is 120 Å². The molecule has 6 nitrogen and oxygen atoms in total. The number of nitrogens with zero attached hydrogens (tertiary/aromatic N) is 2. The number of hydrogen-bond acceptors (Lipinski definition) is 3. The van der Waals surface area contributed by atoms with Crippen LogP contribution < -0.4 is 0 Å². The minimum Gasteiger partial charge on any atom is -0.481 e. The maximum atomic E-state index is 12.6. The number of hydrogen-bond donors (Lipinski definition) is 2. The van der Waals surface area contributed by atoms with Crippen LogP contribution in [0.15, 0.2) is 0 Å². The number of aliphatic carboxylic acids is 1. The lowest BCUT2D eigenvalue weighted by molar-refractivity contribution is -0.138. The van der Waals surface area contributed by atoms with E-state index < -0.39 is 5.97 Å². The average Bonchev–Trinajstić information content (AvgIpc) is 2.63. The molecule has 6 heteroatoms. The monoisotopic (exact) mass is 286 g/mol. The van der Waals surface area contributed by atoms with Crippen molar-refractivity contribution in [2.75, 3.05) is 19.7 Å². The molecule has 0 bridgehead atoms. The van der Waals surface area contributed by atoms with Gasteiger partial charge in [-0.1, -0.05) is 12.8 Å². The van der Waals surface area contributed by atoms with Crippen LogP contribution in [0.4, 0.5) is 4.79 Å². The molecule has 1 aliphatic rings. The first-order valence-corrected chi connectivity index (χ1v) is 7.41. The Bertz CT molecular complexity index is 335. The summed E-state index contributed by atoms with van der Waals surface area (Å²) in [5.74, 6) is -0.904. The molecule has 1 heterocycles. The van der Waals surface area contributed by atoms with Crippen molar-refractivity contribution in [3.8, 4) is 0 Å². The van der Waals surface area contributed by atoms with E-state index >= 15 is 0 Å². The van der Waals surface area contributed by atoms with Crippen molar-refractivity contribution < 1.29 is 19.8 Å². The summed E-state index contributed by atoms with van der Waals surface area (Å²) < 4.78 is 0. The second-order valence-corrected chi connectivity index (χ2v) is 5.39. The molecule has 20 heavy (non-hydrogen) atoms. The maximum absolute atomic E-state index is 12.6. The second-order valence-electron chi connectivity index (χ2n) is 5.39. The molecule has 0 aromatic carbocycles. The van der Waals surface area contributed by atoms with E-state index in [1.165, 1.54) is 0 Å². The van der Waals surface area contributed by atoms with Crippen molar-refractivity contribution >= 4 is 12.0 Å². The van der Waals surface area contributed by atoms with E-state index in [2.05, 4.69) is 0 Å². The Hall–Kier alpha value is -1.30. The van der Waals surface area contributed by atoms with Crippen LogP contribution in [0.5, 0.6) is 0 Å². The summed E-state index contributed by atoms with van der Waals surface area (Å²) in [6, 6.07) is -0.633. The molecule has 2 amide bonds. The molecule has 116 valence electrons. The van der Waals surface area contributed by atoms with Crippen LogP contribution in [0, 0.1) is 0 Å². The van der Waals surface area contributed by atoms with Gasteiger partial charge in [-0.25, -0.2) is 4.79 Å². The molecule has 1 fully saturated rings. The standard InChI is InChI=1S/C14H26N2O4/c1-3-15(11(2)9-13(18)19)14(20)16-8-6-4-5-7-12(16)10-17/h11-12,17H,3-10H2,1-2H3,(H,18,19). The minimum absolute atomic E-state index is 0.0311. The molecule has 2 N–H and O–H groups in total. The van der Waals surface area contributed by atoms with Gasteiger partial charge >= 0.3 is 12.0 Å². The van der Waals surface area contributed by atoms with E-state index in [9.17, 15) is 14.7 Å². The predicted molar refractivity (Wildman–Crippen MR) is 75.5 cm³/mol. The van der Waals surface area contributed by atoms with Gasteiger partial charge in [0.2, 0.25) is 0 Å². The Balaban J connectivity index is 2.79. The summed E-state index contributed by atoms with van der Waals surface area (Å²) in [6.45, 7) is 4.68. The first kappa shape index (κ1) is 16.8. The predicted octanol–water partition coefficient (Wildman–Crippen LogP) is 1.53. The molecule has 1 rings (SSSR count). The van der Waals surface area contributed by atoms with Crippen molar-refractivity contribution in [3.63, 3.8) is 0 Å². The number of aliphatic hydroxyl groups excluding tert-OH is 1. The van der Waals surface area contributed by atoms with Crippen LogP contribution in [0.1, 0.15) is 46.0 Å². The van der Waals surface area contributed by atoms with Gasteiger partial charge in [0.1, 0.15) is 0 Å². The van der Waals surface area contributed by atoms with Gasteiger partial charge in [0.05, 0.1) is 19.1 Å². The summed E-state index contributed by atoms with van der Waals surface area (Å²) in [7, 11) is 0. The van der Waals surface area contributed by atoms with E-state index in [1.54, 1.807) is 16.7 Å². The SMILES string of the molecule is CCN(C(=O)N1CCCCCC1CO)C(C)CC(=O)O. The van der Waals surface area contributed by atoms with Crippen LogP contribution in [0.2, 0.25) is 0 Å². The van der Waals surface area contributed by atoms with E-state index in [0.717, 1.165) is 25.7 Å². The fourth-order valence-electron chi connectivity index (χ4n) is 2.78. The average molecular weight is 286 g/mol. The van der Waals surface area contributed by atoms with Gasteiger partial charge in [-0.15, -0.1) is 0 Å². The van der Waals surface area contributed by atoms with E-state index in [0.29, 0.717) is 13.1 Å². The number of carboxylic acids is 1. The largest absolute Gasteiger partial charge is 0.481 e. The van der Waals surface area contributed by atoms with Gasteiger partial charge in [-0.2, -0.15) is 0 Å². The van der Waals surface area contributed by atoms with E-state index in [4.69, 9.17) is 5.11 Å². The third kappa shape index (κ3) is 4.37. The molecule has 1 aliphatic heterocycles. The third-order valence-electron chi connectivity index (χ3n) is 3.92. The third-order valence-corrected chi connectivity index (χ3v) is 3.92. The highest BCUT2D eigenvalue weighted by Gasteiger charge is 2.30.